The lowest BCUT2D eigenvalue weighted by Crippen LogP contribution is -2.41. The zero-order valence-corrected chi connectivity index (χ0v) is 15.3. The number of hydrogen-bond acceptors (Lipinski definition) is 5. The normalized spacial score (nSPS) is 25.2. The third-order valence-electron chi connectivity index (χ3n) is 4.20. The second kappa shape index (κ2) is 12.4. The van der Waals surface area contributed by atoms with Crippen LogP contribution in [0.1, 0.15) is 51.9 Å². The van der Waals surface area contributed by atoms with Crippen molar-refractivity contribution in [1.82, 2.24) is 0 Å². The number of carboxylic acids is 1. The van der Waals surface area contributed by atoms with Crippen LogP contribution in [-0.2, 0) is 14.3 Å². The maximum absolute atomic E-state index is 11.6. The smallest absolute Gasteiger partial charge is 0.309 e. The van der Waals surface area contributed by atoms with E-state index in [1.807, 2.05) is 31.2 Å². The average Bonchev–Trinajstić information content (AvgIpc) is 2.57. The first-order chi connectivity index (χ1) is 12.4. The van der Waals surface area contributed by atoms with Crippen LogP contribution in [-0.4, -0.2) is 45.6 Å². The fraction of sp³-hybridized carbons (Fsp3) is 0.600. The molecule has 0 saturated carbocycles. The van der Waals surface area contributed by atoms with Gasteiger partial charge in [0, 0.05) is 12.3 Å². The number of unbranched alkanes of at least 4 members (excludes halogenated alkanes) is 1. The molecule has 146 valence electrons. The van der Waals surface area contributed by atoms with Crippen molar-refractivity contribution in [2.75, 3.05) is 0 Å². The summed E-state index contributed by atoms with van der Waals surface area (Å²) in [7, 11) is 0. The Morgan fingerprint density at radius 3 is 2.77 bits per heavy atom. The Labute approximate surface area is 154 Å². The molecule has 0 bridgehead atoms. The van der Waals surface area contributed by atoms with Crippen LogP contribution in [0.4, 0.5) is 0 Å². The maximum Gasteiger partial charge on any atom is 0.309 e. The molecular weight excluding hydrogens is 336 g/mol. The number of hydrogen-bond donors (Lipinski definition) is 3. The number of carboxylic acid groups (broad SMARTS) is 1. The van der Waals surface area contributed by atoms with E-state index in [9.17, 15) is 19.8 Å². The highest BCUT2D eigenvalue weighted by atomic mass is 16.5. The van der Waals surface area contributed by atoms with Crippen molar-refractivity contribution in [3.05, 3.63) is 36.5 Å². The molecule has 6 heteroatoms. The second-order valence-electron chi connectivity index (χ2n) is 6.45. The van der Waals surface area contributed by atoms with Crippen LogP contribution in [0.2, 0.25) is 0 Å². The lowest BCUT2D eigenvalue weighted by Gasteiger charge is -2.32. The van der Waals surface area contributed by atoms with E-state index in [1.54, 1.807) is 12.2 Å². The summed E-state index contributed by atoms with van der Waals surface area (Å²) >= 11 is 0. The van der Waals surface area contributed by atoms with Gasteiger partial charge in [-0.1, -0.05) is 37.3 Å². The molecule has 1 aliphatic rings. The molecule has 0 aromatic rings. The summed E-state index contributed by atoms with van der Waals surface area (Å²) in [5.41, 5.74) is 0. The summed E-state index contributed by atoms with van der Waals surface area (Å²) in [6.45, 7) is 2.02. The summed E-state index contributed by atoms with van der Waals surface area (Å²) in [4.78, 5) is 22.1. The predicted molar refractivity (Wildman–Crippen MR) is 98.4 cm³/mol. The van der Waals surface area contributed by atoms with E-state index < -0.39 is 30.3 Å². The zero-order chi connectivity index (χ0) is 19.4. The molecule has 6 nitrogen and oxygen atoms in total. The fourth-order valence-electron chi connectivity index (χ4n) is 2.76. The fourth-order valence-corrected chi connectivity index (χ4v) is 2.76. The Morgan fingerprint density at radius 2 is 2.08 bits per heavy atom. The summed E-state index contributed by atoms with van der Waals surface area (Å²) in [6.07, 6.45) is 12.1. The van der Waals surface area contributed by atoms with Crippen LogP contribution in [0.15, 0.2) is 36.5 Å². The molecule has 0 radical (unpaired) electrons. The van der Waals surface area contributed by atoms with Crippen molar-refractivity contribution in [3.8, 4) is 0 Å². The first-order valence-corrected chi connectivity index (χ1v) is 9.19. The number of rotatable bonds is 11. The molecule has 26 heavy (non-hydrogen) atoms. The molecule has 0 aromatic heterocycles. The number of cyclic esters (lactones) is 1. The molecule has 1 heterocycles. The van der Waals surface area contributed by atoms with Crippen LogP contribution < -0.4 is 0 Å². The van der Waals surface area contributed by atoms with Crippen molar-refractivity contribution in [2.24, 2.45) is 5.92 Å². The standard InChI is InChI=1S/C20H30O6/c1-2-3-6-9-15(21)12-13-18-16(17(22)14-20(25)26-18)10-7-4-5-8-11-19(23)24/h3-4,6-7,12-13,15-18,21-22H,2,5,8-11,14H2,1H3,(H,23,24)/b6-3-,7-4-,13-12+/t15-,16+,17-,18-/m1/s1. The highest BCUT2D eigenvalue weighted by Crippen LogP contribution is 2.27. The quantitative estimate of drug-likeness (QED) is 0.295. The van der Waals surface area contributed by atoms with E-state index in [0.717, 1.165) is 6.42 Å². The number of allylic oxidation sites excluding steroid dienone is 3. The third kappa shape index (κ3) is 8.97. The minimum Gasteiger partial charge on any atom is -0.481 e. The minimum atomic E-state index is -0.814. The van der Waals surface area contributed by atoms with Gasteiger partial charge in [-0.3, -0.25) is 9.59 Å². The van der Waals surface area contributed by atoms with Gasteiger partial charge in [-0.2, -0.15) is 0 Å². The Balaban J connectivity index is 2.58. The first-order valence-electron chi connectivity index (χ1n) is 9.19. The van der Waals surface area contributed by atoms with Gasteiger partial charge in [-0.15, -0.1) is 0 Å². The second-order valence-corrected chi connectivity index (χ2v) is 6.45. The van der Waals surface area contributed by atoms with Crippen molar-refractivity contribution >= 4 is 11.9 Å². The Hall–Kier alpha value is -1.92. The van der Waals surface area contributed by atoms with Gasteiger partial charge in [0.2, 0.25) is 0 Å². The van der Waals surface area contributed by atoms with Crippen molar-refractivity contribution in [2.45, 2.75) is 70.2 Å². The number of esters is 1. The summed E-state index contributed by atoms with van der Waals surface area (Å²) < 4.78 is 5.33. The number of ether oxygens (including phenoxy) is 1. The van der Waals surface area contributed by atoms with Gasteiger partial charge in [-0.05, 0) is 38.2 Å². The van der Waals surface area contributed by atoms with Crippen molar-refractivity contribution < 1.29 is 29.6 Å². The van der Waals surface area contributed by atoms with Crippen LogP contribution in [0.3, 0.4) is 0 Å². The van der Waals surface area contributed by atoms with E-state index in [1.165, 1.54) is 0 Å². The molecule has 0 amide bonds. The molecule has 0 aliphatic carbocycles. The number of carbonyl (C=O) groups is 2. The highest BCUT2D eigenvalue weighted by molar-refractivity contribution is 5.71. The largest absolute Gasteiger partial charge is 0.481 e. The molecule has 0 spiro atoms. The first kappa shape index (κ1) is 22.1. The predicted octanol–water partition coefficient (Wildman–Crippen LogP) is 2.75. The summed E-state index contributed by atoms with van der Waals surface area (Å²) in [5.74, 6) is -1.54. The number of aliphatic carboxylic acids is 1. The topological polar surface area (TPSA) is 104 Å². The molecule has 4 atom stereocenters. The van der Waals surface area contributed by atoms with E-state index in [-0.39, 0.29) is 18.8 Å². The number of aliphatic hydroxyl groups is 2. The Morgan fingerprint density at radius 1 is 1.31 bits per heavy atom. The Kier molecular flexibility index (Phi) is 10.6. The van der Waals surface area contributed by atoms with Crippen molar-refractivity contribution in [1.29, 1.82) is 0 Å². The minimum absolute atomic E-state index is 0.0380. The zero-order valence-electron chi connectivity index (χ0n) is 15.3. The van der Waals surface area contributed by atoms with Crippen LogP contribution in [0, 0.1) is 5.92 Å². The van der Waals surface area contributed by atoms with E-state index >= 15 is 0 Å². The Bertz CT molecular complexity index is 522. The monoisotopic (exact) mass is 366 g/mol. The van der Waals surface area contributed by atoms with E-state index in [0.29, 0.717) is 25.7 Å². The van der Waals surface area contributed by atoms with Crippen LogP contribution >= 0.6 is 0 Å². The highest BCUT2D eigenvalue weighted by Gasteiger charge is 2.35. The SMILES string of the molecule is CC/C=C\C[C@@H](O)/C=C/[C@H]1OC(=O)C[C@@H](O)[C@@H]1C/C=C\CCCC(=O)O. The lowest BCUT2D eigenvalue weighted by atomic mass is 9.87. The molecule has 1 saturated heterocycles. The van der Waals surface area contributed by atoms with Crippen LogP contribution in [0.5, 0.6) is 0 Å². The average molecular weight is 366 g/mol. The molecule has 0 aromatic carbocycles. The molecule has 1 rings (SSSR count). The summed E-state index contributed by atoms with van der Waals surface area (Å²) in [6, 6.07) is 0. The molecular formula is C20H30O6. The summed E-state index contributed by atoms with van der Waals surface area (Å²) in [5, 5.41) is 28.7. The maximum atomic E-state index is 11.6. The van der Waals surface area contributed by atoms with E-state index in [4.69, 9.17) is 9.84 Å². The molecule has 1 aliphatic heterocycles. The van der Waals surface area contributed by atoms with Gasteiger partial charge in [0.1, 0.15) is 6.10 Å². The van der Waals surface area contributed by atoms with Gasteiger partial charge < -0.3 is 20.1 Å². The van der Waals surface area contributed by atoms with E-state index in [2.05, 4.69) is 0 Å². The van der Waals surface area contributed by atoms with Crippen molar-refractivity contribution in [3.63, 3.8) is 0 Å². The van der Waals surface area contributed by atoms with Gasteiger partial charge in [0.05, 0.1) is 18.6 Å². The third-order valence-corrected chi connectivity index (χ3v) is 4.20. The van der Waals surface area contributed by atoms with Gasteiger partial charge in [-0.25, -0.2) is 0 Å². The molecule has 1 fully saturated rings. The number of carbonyl (C=O) groups excluding carboxylic acids is 1. The lowest BCUT2D eigenvalue weighted by molar-refractivity contribution is -0.163. The van der Waals surface area contributed by atoms with Crippen LogP contribution in [0.25, 0.3) is 0 Å². The van der Waals surface area contributed by atoms with Gasteiger partial charge >= 0.3 is 11.9 Å². The molecule has 3 N–H and O–H groups in total. The molecule has 0 unspecified atom stereocenters. The van der Waals surface area contributed by atoms with Gasteiger partial charge in [0.15, 0.2) is 0 Å². The number of aliphatic hydroxyl groups excluding tert-OH is 2. The van der Waals surface area contributed by atoms with Gasteiger partial charge in [0.25, 0.3) is 0 Å².